The summed E-state index contributed by atoms with van der Waals surface area (Å²) in [6.07, 6.45) is 1.54. The third kappa shape index (κ3) is 3.77. The number of sulfonamides is 1. The average Bonchev–Trinajstić information content (AvgIpc) is 3.01. The highest BCUT2D eigenvalue weighted by Gasteiger charge is 2.31. The fourth-order valence-corrected chi connectivity index (χ4v) is 4.20. The van der Waals surface area contributed by atoms with Gasteiger partial charge in [-0.1, -0.05) is 0 Å². The van der Waals surface area contributed by atoms with Crippen LogP contribution in [0.25, 0.3) is 11.0 Å². The van der Waals surface area contributed by atoms with E-state index >= 15 is 0 Å². The number of fused-ring (bicyclic) bond motifs is 1. The molecule has 0 radical (unpaired) electrons. The monoisotopic (exact) mass is 365 g/mol. The first-order valence-electron chi connectivity index (χ1n) is 8.17. The molecule has 1 saturated heterocycles. The Labute approximate surface area is 147 Å². The lowest BCUT2D eigenvalue weighted by Gasteiger charge is -2.35. The number of H-pyrrole nitrogens is 1. The molecule has 0 unspecified atom stereocenters. The van der Waals surface area contributed by atoms with Crippen molar-refractivity contribution >= 4 is 27.1 Å². The van der Waals surface area contributed by atoms with Gasteiger partial charge in [-0.05, 0) is 39.0 Å². The number of urea groups is 1. The molecule has 0 spiro atoms. The van der Waals surface area contributed by atoms with Crippen LogP contribution in [0.5, 0.6) is 0 Å². The van der Waals surface area contributed by atoms with Gasteiger partial charge in [0.2, 0.25) is 10.0 Å². The third-order valence-electron chi connectivity index (χ3n) is 4.04. The van der Waals surface area contributed by atoms with Crippen molar-refractivity contribution in [2.24, 2.45) is 0 Å². The lowest BCUT2D eigenvalue weighted by atomic mass is 10.1. The van der Waals surface area contributed by atoms with Gasteiger partial charge in [-0.2, -0.15) is 4.31 Å². The van der Waals surface area contributed by atoms with Crippen LogP contribution in [0.1, 0.15) is 20.8 Å². The molecule has 2 amide bonds. The Hall–Kier alpha value is -2.13. The number of hydrogen-bond donors (Lipinski definition) is 2. The normalized spacial score (nSPS) is 17.0. The highest BCUT2D eigenvalue weighted by molar-refractivity contribution is 7.89. The minimum absolute atomic E-state index is 0.163. The second-order valence-corrected chi connectivity index (χ2v) is 9.09. The first kappa shape index (κ1) is 17.7. The van der Waals surface area contributed by atoms with Gasteiger partial charge in [0.15, 0.2) is 0 Å². The molecule has 0 bridgehead atoms. The highest BCUT2D eigenvalue weighted by Crippen LogP contribution is 2.21. The van der Waals surface area contributed by atoms with Crippen molar-refractivity contribution in [3.8, 4) is 0 Å². The second kappa shape index (κ2) is 6.30. The quantitative estimate of drug-likeness (QED) is 0.840. The number of nitrogens with zero attached hydrogens (tertiary/aromatic N) is 3. The lowest BCUT2D eigenvalue weighted by Crippen LogP contribution is -2.55. The van der Waals surface area contributed by atoms with Crippen LogP contribution in [0.4, 0.5) is 4.79 Å². The smallest absolute Gasteiger partial charge is 0.317 e. The number of nitrogens with one attached hydrogen (secondary N) is 2. The number of hydrogen-bond acceptors (Lipinski definition) is 4. The van der Waals surface area contributed by atoms with Crippen molar-refractivity contribution in [3.05, 3.63) is 24.5 Å². The van der Waals surface area contributed by atoms with Crippen LogP contribution in [0.2, 0.25) is 0 Å². The number of carbonyl (C=O) groups excluding carboxylic acids is 1. The van der Waals surface area contributed by atoms with Gasteiger partial charge >= 0.3 is 6.03 Å². The number of carbonyl (C=O) groups is 1. The third-order valence-corrected chi connectivity index (χ3v) is 5.93. The van der Waals surface area contributed by atoms with E-state index in [1.165, 1.54) is 10.6 Å². The summed E-state index contributed by atoms with van der Waals surface area (Å²) in [5.74, 6) is 0. The number of imidazole rings is 1. The zero-order chi connectivity index (χ0) is 18.2. The first-order chi connectivity index (χ1) is 11.7. The molecule has 0 aliphatic carbocycles. The summed E-state index contributed by atoms with van der Waals surface area (Å²) in [4.78, 5) is 21.1. The van der Waals surface area contributed by atoms with Gasteiger partial charge in [0.1, 0.15) is 0 Å². The first-order valence-corrected chi connectivity index (χ1v) is 9.61. The number of benzene rings is 1. The van der Waals surface area contributed by atoms with Gasteiger partial charge in [-0.3, -0.25) is 0 Å². The molecule has 8 nitrogen and oxygen atoms in total. The largest absolute Gasteiger partial charge is 0.345 e. The summed E-state index contributed by atoms with van der Waals surface area (Å²) in [6, 6.07) is 4.68. The minimum atomic E-state index is -3.59. The van der Waals surface area contributed by atoms with E-state index in [1.54, 1.807) is 23.1 Å². The van der Waals surface area contributed by atoms with E-state index < -0.39 is 10.0 Å². The molecule has 2 aromatic rings. The van der Waals surface area contributed by atoms with Crippen LogP contribution >= 0.6 is 0 Å². The maximum atomic E-state index is 12.8. The van der Waals surface area contributed by atoms with Crippen molar-refractivity contribution in [2.75, 3.05) is 26.2 Å². The topological polar surface area (TPSA) is 98.4 Å². The molecule has 1 aliphatic rings. The maximum absolute atomic E-state index is 12.8. The van der Waals surface area contributed by atoms with Crippen LogP contribution in [0.15, 0.2) is 29.4 Å². The van der Waals surface area contributed by atoms with Gasteiger partial charge in [-0.25, -0.2) is 18.2 Å². The van der Waals surface area contributed by atoms with Crippen molar-refractivity contribution in [1.82, 2.24) is 24.5 Å². The number of aromatic nitrogens is 2. The summed E-state index contributed by atoms with van der Waals surface area (Å²) in [7, 11) is -3.59. The Morgan fingerprint density at radius 1 is 1.20 bits per heavy atom. The Bertz CT molecular complexity index is 877. The molecule has 0 atom stereocenters. The number of amides is 2. The van der Waals surface area contributed by atoms with E-state index in [4.69, 9.17) is 0 Å². The summed E-state index contributed by atoms with van der Waals surface area (Å²) in [5, 5.41) is 2.90. The fourth-order valence-electron chi connectivity index (χ4n) is 2.76. The van der Waals surface area contributed by atoms with Gasteiger partial charge in [0.25, 0.3) is 0 Å². The maximum Gasteiger partial charge on any atom is 0.317 e. The molecule has 1 aromatic heterocycles. The zero-order valence-corrected chi connectivity index (χ0v) is 15.4. The Kier molecular flexibility index (Phi) is 4.46. The molecule has 9 heteroatoms. The molecule has 1 aromatic carbocycles. The van der Waals surface area contributed by atoms with Crippen molar-refractivity contribution < 1.29 is 13.2 Å². The number of piperazine rings is 1. The average molecular weight is 365 g/mol. The molecule has 136 valence electrons. The molecular formula is C16H23N5O3S. The highest BCUT2D eigenvalue weighted by atomic mass is 32.2. The van der Waals surface area contributed by atoms with Crippen molar-refractivity contribution in [1.29, 1.82) is 0 Å². The van der Waals surface area contributed by atoms with E-state index in [0.29, 0.717) is 18.6 Å². The Balaban J connectivity index is 1.70. The number of aromatic amines is 1. The zero-order valence-electron chi connectivity index (χ0n) is 14.6. The molecule has 1 aliphatic heterocycles. The van der Waals surface area contributed by atoms with Gasteiger partial charge < -0.3 is 15.2 Å². The summed E-state index contributed by atoms with van der Waals surface area (Å²) in [5.41, 5.74) is 1.09. The SMILES string of the molecule is CC(C)(C)NC(=O)N1CCN(S(=O)(=O)c2ccc3nc[nH]c3c2)CC1. The standard InChI is InChI=1S/C16H23N5O3S/c1-16(2,3)19-15(22)20-6-8-21(9-7-20)25(23,24)12-4-5-13-14(10-12)18-11-17-13/h4-5,10-11H,6-9H2,1-3H3,(H,17,18)(H,19,22). The van der Waals surface area contributed by atoms with Crippen LogP contribution in [0, 0.1) is 0 Å². The van der Waals surface area contributed by atoms with E-state index in [1.807, 2.05) is 20.8 Å². The van der Waals surface area contributed by atoms with Gasteiger partial charge in [0.05, 0.1) is 22.3 Å². The second-order valence-electron chi connectivity index (χ2n) is 7.15. The van der Waals surface area contributed by atoms with Crippen molar-refractivity contribution in [2.45, 2.75) is 31.2 Å². The van der Waals surface area contributed by atoms with Crippen LogP contribution in [-0.4, -0.2) is 65.3 Å². The van der Waals surface area contributed by atoms with E-state index in [-0.39, 0.29) is 29.6 Å². The summed E-state index contributed by atoms with van der Waals surface area (Å²) < 4.78 is 27.1. The van der Waals surface area contributed by atoms with E-state index in [9.17, 15) is 13.2 Å². The fraction of sp³-hybridized carbons (Fsp3) is 0.500. The van der Waals surface area contributed by atoms with Crippen molar-refractivity contribution in [3.63, 3.8) is 0 Å². The molecule has 2 N–H and O–H groups in total. The molecule has 25 heavy (non-hydrogen) atoms. The van der Waals surface area contributed by atoms with Gasteiger partial charge in [-0.15, -0.1) is 0 Å². The molecule has 0 saturated carbocycles. The number of rotatable bonds is 2. The van der Waals surface area contributed by atoms with Gasteiger partial charge in [0, 0.05) is 31.7 Å². The molecule has 1 fully saturated rings. The lowest BCUT2D eigenvalue weighted by molar-refractivity contribution is 0.165. The molecule has 3 rings (SSSR count). The van der Waals surface area contributed by atoms with E-state index in [0.717, 1.165) is 5.52 Å². The summed E-state index contributed by atoms with van der Waals surface area (Å²) >= 11 is 0. The molecular weight excluding hydrogens is 342 g/mol. The van der Waals surface area contributed by atoms with Crippen LogP contribution < -0.4 is 5.32 Å². The minimum Gasteiger partial charge on any atom is -0.345 e. The molecule has 2 heterocycles. The predicted octanol–water partition coefficient (Wildman–Crippen LogP) is 1.38. The predicted molar refractivity (Wildman–Crippen MR) is 94.7 cm³/mol. The van der Waals surface area contributed by atoms with E-state index in [2.05, 4.69) is 15.3 Å². The Morgan fingerprint density at radius 2 is 1.88 bits per heavy atom. The summed E-state index contributed by atoms with van der Waals surface area (Å²) in [6.45, 7) is 7.04. The Morgan fingerprint density at radius 3 is 2.52 bits per heavy atom. The van der Waals surface area contributed by atoms with Crippen LogP contribution in [0.3, 0.4) is 0 Å². The van der Waals surface area contributed by atoms with Crippen LogP contribution in [-0.2, 0) is 10.0 Å².